The van der Waals surface area contributed by atoms with Crippen LogP contribution in [0.25, 0.3) is 0 Å². The summed E-state index contributed by atoms with van der Waals surface area (Å²) in [4.78, 5) is 9.74. The molecule has 0 aromatic rings. The number of rotatable bonds is 1. The number of hydrogen-bond acceptors (Lipinski definition) is 2. The summed E-state index contributed by atoms with van der Waals surface area (Å²) in [6.45, 7) is 1.51. The van der Waals surface area contributed by atoms with E-state index in [4.69, 9.17) is 0 Å². The summed E-state index contributed by atoms with van der Waals surface area (Å²) in [5, 5.41) is 0. The normalized spacial score (nSPS) is 16.5. The van der Waals surface area contributed by atoms with Gasteiger partial charge >= 0.3 is 0 Å². The summed E-state index contributed by atoms with van der Waals surface area (Å²) >= 11 is 3.67. The third-order valence-electron chi connectivity index (χ3n) is 1.72. The van der Waals surface area contributed by atoms with E-state index in [0.29, 0.717) is 5.75 Å². The average Bonchev–Trinajstić information content (AvgIpc) is 2.09. The molecule has 0 N–H and O–H groups in total. The largest absolute Gasteiger partial charge is 0.299 e. The molecule has 0 aromatic heterocycles. The molecule has 1 aliphatic rings. The van der Waals surface area contributed by atoms with Crippen molar-refractivity contribution in [2.45, 2.75) is 45.4 Å². The first kappa shape index (κ1) is 11.0. The van der Waals surface area contributed by atoms with Gasteiger partial charge in [-0.05, 0) is 6.92 Å². The molecule has 0 aliphatic heterocycles. The number of carbonyl (C=O) groups excluding carboxylic acids is 1. The van der Waals surface area contributed by atoms with Crippen LogP contribution in [-0.2, 0) is 4.79 Å². The number of ketones is 1. The first-order valence-electron chi connectivity index (χ1n) is 4.37. The van der Waals surface area contributed by atoms with Crippen molar-refractivity contribution in [3.8, 4) is 0 Å². The highest BCUT2D eigenvalue weighted by atomic mass is 32.1. The molecule has 0 saturated heterocycles. The highest BCUT2D eigenvalue weighted by Gasteiger charge is 1.95. The van der Waals surface area contributed by atoms with Crippen LogP contribution >= 0.6 is 12.6 Å². The third kappa shape index (κ3) is 10.0. The van der Waals surface area contributed by atoms with Gasteiger partial charge in [0, 0.05) is 5.75 Å². The Balaban J connectivity index is 0.000000187. The van der Waals surface area contributed by atoms with E-state index in [1.54, 1.807) is 0 Å². The van der Waals surface area contributed by atoms with Gasteiger partial charge in [-0.2, -0.15) is 12.6 Å². The van der Waals surface area contributed by atoms with Gasteiger partial charge in [0.1, 0.15) is 5.78 Å². The van der Waals surface area contributed by atoms with Crippen LogP contribution < -0.4 is 0 Å². The Morgan fingerprint density at radius 3 is 1.36 bits per heavy atom. The zero-order chi connectivity index (χ0) is 8.53. The van der Waals surface area contributed by atoms with Crippen molar-refractivity contribution in [1.29, 1.82) is 0 Å². The van der Waals surface area contributed by atoms with Crippen LogP contribution in [0.2, 0.25) is 0 Å². The lowest BCUT2D eigenvalue weighted by Gasteiger charge is -2.05. The average molecular weight is 174 g/mol. The van der Waals surface area contributed by atoms with Crippen LogP contribution in [0.15, 0.2) is 0 Å². The van der Waals surface area contributed by atoms with Crippen molar-refractivity contribution >= 4 is 18.4 Å². The summed E-state index contributed by atoms with van der Waals surface area (Å²) < 4.78 is 0. The molecule has 0 heterocycles. The predicted molar refractivity (Wildman–Crippen MR) is 52.2 cm³/mol. The molecule has 0 aromatic carbocycles. The van der Waals surface area contributed by atoms with E-state index in [1.807, 2.05) is 0 Å². The number of carbonyl (C=O) groups is 1. The maximum Gasteiger partial charge on any atom is 0.139 e. The minimum atomic E-state index is 0.119. The van der Waals surface area contributed by atoms with E-state index in [-0.39, 0.29) is 5.78 Å². The first-order valence-corrected chi connectivity index (χ1v) is 5.01. The minimum Gasteiger partial charge on any atom is -0.299 e. The Labute approximate surface area is 75.0 Å². The summed E-state index contributed by atoms with van der Waals surface area (Å²) in [6, 6.07) is 0. The van der Waals surface area contributed by atoms with Gasteiger partial charge in [0.2, 0.25) is 0 Å². The molecule has 66 valence electrons. The summed E-state index contributed by atoms with van der Waals surface area (Å²) in [5.74, 6) is 0.480. The molecule has 0 bridgehead atoms. The Morgan fingerprint density at radius 2 is 1.27 bits per heavy atom. The highest BCUT2D eigenvalue weighted by Crippen LogP contribution is 2.15. The molecular formula is C9H18OS. The molecule has 1 rings (SSSR count). The first-order chi connectivity index (χ1) is 5.27. The maximum atomic E-state index is 9.74. The standard InChI is InChI=1S/C6H12.C3H6OS/c1-2-4-6-5-3-1;1-3(4)2-5/h1-6H2;5H,2H2,1H3. The van der Waals surface area contributed by atoms with Crippen molar-refractivity contribution in [2.24, 2.45) is 0 Å². The van der Waals surface area contributed by atoms with Crippen LogP contribution in [0.3, 0.4) is 0 Å². The summed E-state index contributed by atoms with van der Waals surface area (Å²) in [7, 11) is 0. The monoisotopic (exact) mass is 174 g/mol. The van der Waals surface area contributed by atoms with Gasteiger partial charge in [-0.1, -0.05) is 38.5 Å². The Morgan fingerprint density at radius 1 is 1.09 bits per heavy atom. The topological polar surface area (TPSA) is 17.1 Å². The van der Waals surface area contributed by atoms with Crippen LogP contribution in [0, 0.1) is 0 Å². The van der Waals surface area contributed by atoms with Gasteiger partial charge < -0.3 is 0 Å². The van der Waals surface area contributed by atoms with Crippen LogP contribution in [0.4, 0.5) is 0 Å². The van der Waals surface area contributed by atoms with Crippen molar-refractivity contribution in [3.63, 3.8) is 0 Å². The van der Waals surface area contributed by atoms with Gasteiger partial charge in [0.25, 0.3) is 0 Å². The molecule has 1 nitrogen and oxygen atoms in total. The Kier molecular flexibility index (Phi) is 8.13. The van der Waals surface area contributed by atoms with Crippen LogP contribution in [-0.4, -0.2) is 11.5 Å². The zero-order valence-electron chi connectivity index (χ0n) is 7.31. The van der Waals surface area contributed by atoms with E-state index in [9.17, 15) is 4.79 Å². The molecule has 0 atom stereocenters. The highest BCUT2D eigenvalue weighted by molar-refractivity contribution is 7.81. The zero-order valence-corrected chi connectivity index (χ0v) is 8.20. The van der Waals surface area contributed by atoms with Gasteiger partial charge in [-0.25, -0.2) is 0 Å². The van der Waals surface area contributed by atoms with Gasteiger partial charge in [-0.15, -0.1) is 0 Å². The molecule has 2 heteroatoms. The second-order valence-electron chi connectivity index (χ2n) is 2.98. The van der Waals surface area contributed by atoms with Crippen molar-refractivity contribution in [1.82, 2.24) is 0 Å². The van der Waals surface area contributed by atoms with Crippen LogP contribution in [0.5, 0.6) is 0 Å². The lowest BCUT2D eigenvalue weighted by molar-refractivity contribution is -0.114. The molecule has 1 fully saturated rings. The van der Waals surface area contributed by atoms with E-state index in [2.05, 4.69) is 12.6 Å². The molecule has 0 amide bonds. The quantitative estimate of drug-likeness (QED) is 0.605. The molecule has 0 spiro atoms. The smallest absolute Gasteiger partial charge is 0.139 e. The molecular weight excluding hydrogens is 156 g/mol. The SMILES string of the molecule is C1CCCCC1.CC(=O)CS. The molecule has 0 radical (unpaired) electrons. The van der Waals surface area contributed by atoms with E-state index >= 15 is 0 Å². The van der Waals surface area contributed by atoms with Gasteiger partial charge in [0.15, 0.2) is 0 Å². The van der Waals surface area contributed by atoms with Gasteiger partial charge in [-0.3, -0.25) is 4.79 Å². The summed E-state index contributed by atoms with van der Waals surface area (Å²) in [6.07, 6.45) is 9.00. The second-order valence-corrected chi connectivity index (χ2v) is 3.30. The third-order valence-corrected chi connectivity index (χ3v) is 2.17. The molecule has 11 heavy (non-hydrogen) atoms. The summed E-state index contributed by atoms with van der Waals surface area (Å²) in [5.41, 5.74) is 0. The number of hydrogen-bond donors (Lipinski definition) is 1. The molecule has 1 saturated carbocycles. The lowest BCUT2D eigenvalue weighted by atomic mass is 10.0. The second kappa shape index (κ2) is 8.12. The van der Waals surface area contributed by atoms with Gasteiger partial charge in [0.05, 0.1) is 0 Å². The number of thiol groups is 1. The maximum absolute atomic E-state index is 9.74. The van der Waals surface area contributed by atoms with Crippen molar-refractivity contribution in [3.05, 3.63) is 0 Å². The lowest BCUT2D eigenvalue weighted by Crippen LogP contribution is -1.86. The minimum absolute atomic E-state index is 0.119. The predicted octanol–water partition coefficient (Wildman–Crippen LogP) is 2.85. The Hall–Kier alpha value is 0.0200. The number of Topliss-reactive ketones (excluding diaryl/α,β-unsaturated/α-hetero) is 1. The van der Waals surface area contributed by atoms with E-state index < -0.39 is 0 Å². The van der Waals surface area contributed by atoms with E-state index in [0.717, 1.165) is 0 Å². The molecule has 1 aliphatic carbocycles. The fraction of sp³-hybridized carbons (Fsp3) is 0.889. The van der Waals surface area contributed by atoms with Crippen molar-refractivity contribution < 1.29 is 4.79 Å². The van der Waals surface area contributed by atoms with Crippen LogP contribution in [0.1, 0.15) is 45.4 Å². The molecule has 0 unspecified atom stereocenters. The Bertz CT molecular complexity index is 86.2. The fourth-order valence-corrected chi connectivity index (χ4v) is 1.06. The van der Waals surface area contributed by atoms with Crippen molar-refractivity contribution in [2.75, 3.05) is 5.75 Å². The van der Waals surface area contributed by atoms with E-state index in [1.165, 1.54) is 45.4 Å². The fourth-order valence-electron chi connectivity index (χ4n) is 1.06.